The summed E-state index contributed by atoms with van der Waals surface area (Å²) in [6.45, 7) is 0.271. The number of nitrogens with zero attached hydrogens (tertiary/aromatic N) is 1. The first-order valence-corrected chi connectivity index (χ1v) is 5.93. The Hall–Kier alpha value is -1.98. The molecule has 1 aliphatic heterocycles. The molecule has 4 nitrogen and oxygen atoms in total. The van der Waals surface area contributed by atoms with Gasteiger partial charge in [0.1, 0.15) is 0 Å². The minimum absolute atomic E-state index is 0.0860. The lowest BCUT2D eigenvalue weighted by atomic mass is 10.1. The van der Waals surface area contributed by atoms with E-state index in [0.29, 0.717) is 6.54 Å². The third kappa shape index (κ3) is 2.89. The van der Waals surface area contributed by atoms with E-state index in [1.807, 2.05) is 0 Å². The Morgan fingerprint density at radius 1 is 1.47 bits per heavy atom. The highest BCUT2D eigenvalue weighted by Gasteiger charge is 2.31. The van der Waals surface area contributed by atoms with Gasteiger partial charge >= 0.3 is 0 Å². The molecule has 1 heterocycles. The third-order valence-electron chi connectivity index (χ3n) is 3.20. The Balaban J connectivity index is 1.94. The zero-order valence-corrected chi connectivity index (χ0v) is 10.5. The highest BCUT2D eigenvalue weighted by molar-refractivity contribution is 5.89. The molecule has 0 aromatic heterocycles. The van der Waals surface area contributed by atoms with Gasteiger partial charge in [-0.3, -0.25) is 9.59 Å². The number of nitrogens with one attached hydrogen (secondary N) is 1. The SMILES string of the molecule is CN1CC(C(=O)NCc2cccc(F)c2F)CC1=O. The highest BCUT2D eigenvalue weighted by Crippen LogP contribution is 2.16. The van der Waals surface area contributed by atoms with Crippen molar-refractivity contribution < 1.29 is 18.4 Å². The molecule has 1 fully saturated rings. The number of carbonyl (C=O) groups is 2. The van der Waals surface area contributed by atoms with Gasteiger partial charge < -0.3 is 10.2 Å². The Labute approximate surface area is 109 Å². The van der Waals surface area contributed by atoms with E-state index in [2.05, 4.69) is 5.32 Å². The Morgan fingerprint density at radius 2 is 2.21 bits per heavy atom. The van der Waals surface area contributed by atoms with Gasteiger partial charge in [-0.1, -0.05) is 12.1 Å². The van der Waals surface area contributed by atoms with Crippen LogP contribution in [0.3, 0.4) is 0 Å². The number of hydrogen-bond acceptors (Lipinski definition) is 2. The van der Waals surface area contributed by atoms with Crippen LogP contribution in [0.25, 0.3) is 0 Å². The van der Waals surface area contributed by atoms with Crippen molar-refractivity contribution in [2.75, 3.05) is 13.6 Å². The molecule has 1 saturated heterocycles. The first-order valence-electron chi connectivity index (χ1n) is 5.93. The van der Waals surface area contributed by atoms with Crippen LogP contribution in [-0.2, 0) is 16.1 Å². The van der Waals surface area contributed by atoms with Gasteiger partial charge in [0.15, 0.2) is 11.6 Å². The number of carbonyl (C=O) groups excluding carboxylic acids is 2. The minimum Gasteiger partial charge on any atom is -0.352 e. The molecular weight excluding hydrogens is 254 g/mol. The fourth-order valence-corrected chi connectivity index (χ4v) is 2.05. The van der Waals surface area contributed by atoms with E-state index in [1.165, 1.54) is 17.0 Å². The first kappa shape index (κ1) is 13.5. The summed E-state index contributed by atoms with van der Waals surface area (Å²) in [5.74, 6) is -2.72. The molecule has 1 unspecified atom stereocenters. The molecule has 102 valence electrons. The number of likely N-dealkylation sites (tertiary alicyclic amines) is 1. The van der Waals surface area contributed by atoms with Crippen molar-refractivity contribution in [2.45, 2.75) is 13.0 Å². The van der Waals surface area contributed by atoms with Crippen LogP contribution >= 0.6 is 0 Å². The summed E-state index contributed by atoms with van der Waals surface area (Å²) in [5, 5.41) is 2.53. The van der Waals surface area contributed by atoms with Crippen molar-refractivity contribution >= 4 is 11.8 Å². The number of rotatable bonds is 3. The highest BCUT2D eigenvalue weighted by atomic mass is 19.2. The van der Waals surface area contributed by atoms with Crippen molar-refractivity contribution in [1.82, 2.24) is 10.2 Å². The summed E-state index contributed by atoms with van der Waals surface area (Å²) < 4.78 is 26.3. The average molecular weight is 268 g/mol. The van der Waals surface area contributed by atoms with Gasteiger partial charge in [0.05, 0.1) is 5.92 Å². The molecule has 1 aliphatic rings. The predicted molar refractivity (Wildman–Crippen MR) is 63.9 cm³/mol. The Bertz CT molecular complexity index is 519. The van der Waals surface area contributed by atoms with Gasteiger partial charge in [0.2, 0.25) is 11.8 Å². The van der Waals surface area contributed by atoms with E-state index < -0.39 is 17.6 Å². The number of amides is 2. The quantitative estimate of drug-likeness (QED) is 0.891. The molecule has 0 bridgehead atoms. The van der Waals surface area contributed by atoms with Gasteiger partial charge in [-0.25, -0.2) is 8.78 Å². The topological polar surface area (TPSA) is 49.4 Å². The molecule has 1 atom stereocenters. The lowest BCUT2D eigenvalue weighted by Gasteiger charge is -2.11. The summed E-state index contributed by atoms with van der Waals surface area (Å²) in [4.78, 5) is 24.6. The van der Waals surface area contributed by atoms with Crippen LogP contribution in [0.5, 0.6) is 0 Å². The van der Waals surface area contributed by atoms with Gasteiger partial charge in [-0.05, 0) is 6.07 Å². The lowest BCUT2D eigenvalue weighted by Crippen LogP contribution is -2.32. The summed E-state index contributed by atoms with van der Waals surface area (Å²) in [5.41, 5.74) is 0.0889. The van der Waals surface area contributed by atoms with E-state index in [4.69, 9.17) is 0 Å². The van der Waals surface area contributed by atoms with E-state index >= 15 is 0 Å². The van der Waals surface area contributed by atoms with Crippen LogP contribution in [0.4, 0.5) is 8.78 Å². The number of halogens is 2. The molecule has 0 spiro atoms. The second-order valence-electron chi connectivity index (χ2n) is 4.61. The molecule has 0 saturated carbocycles. The summed E-state index contributed by atoms with van der Waals surface area (Å²) in [6, 6.07) is 3.81. The van der Waals surface area contributed by atoms with Crippen molar-refractivity contribution in [3.8, 4) is 0 Å². The fraction of sp³-hybridized carbons (Fsp3) is 0.385. The average Bonchev–Trinajstić information content (AvgIpc) is 2.71. The van der Waals surface area contributed by atoms with Crippen LogP contribution in [-0.4, -0.2) is 30.3 Å². The van der Waals surface area contributed by atoms with Crippen molar-refractivity contribution in [1.29, 1.82) is 0 Å². The molecule has 1 N–H and O–H groups in total. The van der Waals surface area contributed by atoms with Crippen LogP contribution < -0.4 is 5.32 Å². The monoisotopic (exact) mass is 268 g/mol. The molecule has 0 aliphatic carbocycles. The molecule has 19 heavy (non-hydrogen) atoms. The zero-order valence-electron chi connectivity index (χ0n) is 10.5. The predicted octanol–water partition coefficient (Wildman–Crippen LogP) is 1.06. The van der Waals surface area contributed by atoms with Crippen molar-refractivity contribution in [3.63, 3.8) is 0 Å². The van der Waals surface area contributed by atoms with E-state index in [1.54, 1.807) is 7.05 Å². The van der Waals surface area contributed by atoms with E-state index in [0.717, 1.165) is 6.07 Å². The van der Waals surface area contributed by atoms with Crippen LogP contribution in [0.1, 0.15) is 12.0 Å². The van der Waals surface area contributed by atoms with Crippen LogP contribution in [0, 0.1) is 17.6 Å². The molecule has 1 aromatic rings. The molecule has 0 radical (unpaired) electrons. The van der Waals surface area contributed by atoms with Gasteiger partial charge in [0, 0.05) is 32.1 Å². The van der Waals surface area contributed by atoms with Gasteiger partial charge in [-0.15, -0.1) is 0 Å². The van der Waals surface area contributed by atoms with Gasteiger partial charge in [0.25, 0.3) is 0 Å². The van der Waals surface area contributed by atoms with Crippen molar-refractivity contribution in [3.05, 3.63) is 35.4 Å². The summed E-state index contributed by atoms with van der Waals surface area (Å²) >= 11 is 0. The molecule has 6 heteroatoms. The maximum Gasteiger partial charge on any atom is 0.225 e. The normalized spacial score (nSPS) is 18.8. The minimum atomic E-state index is -0.956. The Morgan fingerprint density at radius 3 is 2.84 bits per heavy atom. The standard InChI is InChI=1S/C13H14F2N2O2/c1-17-7-9(5-11(17)18)13(19)16-6-8-3-2-4-10(14)12(8)15/h2-4,9H,5-7H2,1H3,(H,16,19). The summed E-state index contributed by atoms with van der Waals surface area (Å²) in [7, 11) is 1.63. The summed E-state index contributed by atoms with van der Waals surface area (Å²) in [6.07, 6.45) is 0.161. The molecular formula is C13H14F2N2O2. The largest absolute Gasteiger partial charge is 0.352 e. The molecule has 1 aromatic carbocycles. The maximum atomic E-state index is 13.4. The van der Waals surface area contributed by atoms with E-state index in [9.17, 15) is 18.4 Å². The maximum absolute atomic E-state index is 13.4. The first-order chi connectivity index (χ1) is 8.99. The Kier molecular flexibility index (Phi) is 3.78. The third-order valence-corrected chi connectivity index (χ3v) is 3.20. The van der Waals surface area contributed by atoms with Crippen molar-refractivity contribution in [2.24, 2.45) is 5.92 Å². The fourth-order valence-electron chi connectivity index (χ4n) is 2.05. The number of benzene rings is 1. The van der Waals surface area contributed by atoms with Crippen LogP contribution in [0.15, 0.2) is 18.2 Å². The zero-order chi connectivity index (χ0) is 14.0. The second kappa shape index (κ2) is 5.34. The smallest absolute Gasteiger partial charge is 0.225 e. The van der Waals surface area contributed by atoms with Crippen LogP contribution in [0.2, 0.25) is 0 Å². The van der Waals surface area contributed by atoms with E-state index in [-0.39, 0.29) is 30.3 Å². The molecule has 2 amide bonds. The molecule has 2 rings (SSSR count). The van der Waals surface area contributed by atoms with Gasteiger partial charge in [-0.2, -0.15) is 0 Å². The lowest BCUT2D eigenvalue weighted by molar-refractivity contribution is -0.128. The number of hydrogen-bond donors (Lipinski definition) is 1. The second-order valence-corrected chi connectivity index (χ2v) is 4.61.